The summed E-state index contributed by atoms with van der Waals surface area (Å²) in [5, 5.41) is 0. The van der Waals surface area contributed by atoms with Crippen LogP contribution in [0.3, 0.4) is 0 Å². The minimum absolute atomic E-state index is 0.108. The number of carbonyl (C=O) groups excluding carboxylic acids is 1. The minimum Gasteiger partial charge on any atom is -0.378 e. The highest BCUT2D eigenvalue weighted by atomic mass is 16.5. The lowest BCUT2D eigenvalue weighted by atomic mass is 10.1. The van der Waals surface area contributed by atoms with E-state index in [1.54, 1.807) is 11.1 Å². The van der Waals surface area contributed by atoms with Crippen LogP contribution in [0.25, 0.3) is 0 Å². The highest BCUT2D eigenvalue weighted by Gasteiger charge is 2.20. The van der Waals surface area contributed by atoms with Gasteiger partial charge in [0.15, 0.2) is 0 Å². The first-order chi connectivity index (χ1) is 13.8. The highest BCUT2D eigenvalue weighted by Crippen LogP contribution is 2.21. The van der Waals surface area contributed by atoms with Gasteiger partial charge in [-0.3, -0.25) is 4.79 Å². The van der Waals surface area contributed by atoms with Crippen molar-refractivity contribution in [3.8, 4) is 0 Å². The molecule has 142 valence electrons. The molecular weight excluding hydrogens is 350 g/mol. The summed E-state index contributed by atoms with van der Waals surface area (Å²) in [4.78, 5) is 21.7. The van der Waals surface area contributed by atoms with E-state index in [9.17, 15) is 4.79 Å². The van der Waals surface area contributed by atoms with Gasteiger partial charge < -0.3 is 14.5 Å². The summed E-state index contributed by atoms with van der Waals surface area (Å²) < 4.78 is 5.40. The van der Waals surface area contributed by atoms with E-state index in [-0.39, 0.29) is 5.91 Å². The van der Waals surface area contributed by atoms with Crippen LogP contribution in [-0.4, -0.2) is 37.2 Å². The van der Waals surface area contributed by atoms with Gasteiger partial charge in [0.1, 0.15) is 5.69 Å². The molecule has 2 aromatic carbocycles. The van der Waals surface area contributed by atoms with Crippen molar-refractivity contribution in [1.82, 2.24) is 4.98 Å². The molecule has 1 aromatic heterocycles. The summed E-state index contributed by atoms with van der Waals surface area (Å²) in [7, 11) is 0. The summed E-state index contributed by atoms with van der Waals surface area (Å²) in [6, 6.07) is 23.5. The summed E-state index contributed by atoms with van der Waals surface area (Å²) in [5.74, 6) is -0.108. The van der Waals surface area contributed by atoms with Gasteiger partial charge in [-0.1, -0.05) is 48.5 Å². The Labute approximate surface area is 165 Å². The molecule has 0 atom stereocenters. The van der Waals surface area contributed by atoms with Gasteiger partial charge in [-0.2, -0.15) is 0 Å². The molecule has 1 fully saturated rings. The molecule has 0 N–H and O–H groups in total. The second kappa shape index (κ2) is 8.67. The van der Waals surface area contributed by atoms with Crippen molar-refractivity contribution < 1.29 is 9.53 Å². The quantitative estimate of drug-likeness (QED) is 0.683. The largest absolute Gasteiger partial charge is 0.378 e. The lowest BCUT2D eigenvalue weighted by Crippen LogP contribution is -2.36. The number of para-hydroxylation sites is 1. The fourth-order valence-electron chi connectivity index (χ4n) is 3.31. The molecule has 0 aliphatic carbocycles. The second-order valence-corrected chi connectivity index (χ2v) is 6.71. The smallest absolute Gasteiger partial charge is 0.277 e. The number of ether oxygens (including phenoxy) is 1. The Kier molecular flexibility index (Phi) is 5.64. The Balaban J connectivity index is 1.58. The molecular formula is C23H23N3O2. The summed E-state index contributed by atoms with van der Waals surface area (Å²) in [5.41, 5.74) is 3.39. The van der Waals surface area contributed by atoms with Crippen LogP contribution < -0.4 is 9.80 Å². The van der Waals surface area contributed by atoms with Gasteiger partial charge in [0.05, 0.1) is 31.6 Å². The number of morpholine rings is 1. The normalized spacial score (nSPS) is 13.9. The Morgan fingerprint density at radius 3 is 2.25 bits per heavy atom. The van der Waals surface area contributed by atoms with Crippen LogP contribution in [0.4, 0.5) is 11.4 Å². The number of pyridine rings is 1. The number of carbonyl (C=O) groups is 1. The van der Waals surface area contributed by atoms with Crippen LogP contribution in [0.15, 0.2) is 79.0 Å². The molecule has 5 nitrogen and oxygen atoms in total. The number of benzene rings is 2. The Hall–Kier alpha value is -3.18. The lowest BCUT2D eigenvalue weighted by molar-refractivity contribution is 0.0980. The average Bonchev–Trinajstić information content (AvgIpc) is 2.79. The molecule has 28 heavy (non-hydrogen) atoms. The first-order valence-corrected chi connectivity index (χ1v) is 9.51. The Bertz CT molecular complexity index is 892. The van der Waals surface area contributed by atoms with Gasteiger partial charge >= 0.3 is 0 Å². The molecule has 4 rings (SSSR count). The van der Waals surface area contributed by atoms with E-state index < -0.39 is 0 Å². The Morgan fingerprint density at radius 1 is 0.929 bits per heavy atom. The minimum atomic E-state index is -0.108. The van der Waals surface area contributed by atoms with Gasteiger partial charge in [0.2, 0.25) is 0 Å². The zero-order valence-electron chi connectivity index (χ0n) is 15.7. The van der Waals surface area contributed by atoms with E-state index in [1.165, 1.54) is 0 Å². The van der Waals surface area contributed by atoms with Crippen LogP contribution in [0.5, 0.6) is 0 Å². The molecule has 3 aromatic rings. The highest BCUT2D eigenvalue weighted by molar-refractivity contribution is 6.04. The van der Waals surface area contributed by atoms with Gasteiger partial charge in [0, 0.05) is 18.8 Å². The maximum atomic E-state index is 13.3. The number of nitrogens with zero attached hydrogens (tertiary/aromatic N) is 3. The summed E-state index contributed by atoms with van der Waals surface area (Å²) in [6.07, 6.45) is 1.78. The number of amides is 1. The standard InChI is InChI=1S/C23H23N3O2/c27-23(22-12-11-21(17-24-22)25-13-15-28-16-14-25)26(20-9-5-2-6-10-20)18-19-7-3-1-4-8-19/h1-12,17H,13-16,18H2. The third-order valence-electron chi connectivity index (χ3n) is 4.84. The van der Waals surface area contributed by atoms with E-state index in [0.717, 1.165) is 43.2 Å². The maximum Gasteiger partial charge on any atom is 0.277 e. The van der Waals surface area contributed by atoms with E-state index >= 15 is 0 Å². The van der Waals surface area contributed by atoms with Crippen molar-refractivity contribution in [2.75, 3.05) is 36.1 Å². The fourth-order valence-corrected chi connectivity index (χ4v) is 3.31. The lowest BCUT2D eigenvalue weighted by Gasteiger charge is -2.28. The topological polar surface area (TPSA) is 45.7 Å². The first kappa shape index (κ1) is 18.2. The monoisotopic (exact) mass is 373 g/mol. The van der Waals surface area contributed by atoms with Crippen molar-refractivity contribution in [2.45, 2.75) is 6.54 Å². The van der Waals surface area contributed by atoms with Crippen molar-refractivity contribution >= 4 is 17.3 Å². The molecule has 1 aliphatic heterocycles. The van der Waals surface area contributed by atoms with Crippen molar-refractivity contribution in [3.05, 3.63) is 90.3 Å². The number of rotatable bonds is 5. The molecule has 2 heterocycles. The number of aromatic nitrogens is 1. The van der Waals surface area contributed by atoms with E-state index in [1.807, 2.05) is 72.8 Å². The zero-order valence-corrected chi connectivity index (χ0v) is 15.7. The molecule has 1 amide bonds. The molecule has 5 heteroatoms. The van der Waals surface area contributed by atoms with Gasteiger partial charge in [-0.05, 0) is 29.8 Å². The van der Waals surface area contributed by atoms with Crippen molar-refractivity contribution in [3.63, 3.8) is 0 Å². The first-order valence-electron chi connectivity index (χ1n) is 9.51. The second-order valence-electron chi connectivity index (χ2n) is 6.71. The Morgan fingerprint density at radius 2 is 1.61 bits per heavy atom. The predicted octanol–water partition coefficient (Wildman–Crippen LogP) is 3.77. The van der Waals surface area contributed by atoms with Gasteiger partial charge in [-0.15, -0.1) is 0 Å². The molecule has 0 unspecified atom stereocenters. The SMILES string of the molecule is O=C(c1ccc(N2CCOCC2)cn1)N(Cc1ccccc1)c1ccccc1. The van der Waals surface area contributed by atoms with Crippen LogP contribution in [0, 0.1) is 0 Å². The van der Waals surface area contributed by atoms with Crippen LogP contribution in [-0.2, 0) is 11.3 Å². The average molecular weight is 373 g/mol. The molecule has 0 saturated carbocycles. The van der Waals surface area contributed by atoms with Gasteiger partial charge in [-0.25, -0.2) is 4.98 Å². The number of anilines is 2. The zero-order chi connectivity index (χ0) is 19.2. The van der Waals surface area contributed by atoms with E-state index in [4.69, 9.17) is 4.74 Å². The maximum absolute atomic E-state index is 13.3. The predicted molar refractivity (Wildman–Crippen MR) is 111 cm³/mol. The number of hydrogen-bond acceptors (Lipinski definition) is 4. The molecule has 1 aliphatic rings. The van der Waals surface area contributed by atoms with Gasteiger partial charge in [0.25, 0.3) is 5.91 Å². The van der Waals surface area contributed by atoms with Crippen molar-refractivity contribution in [2.24, 2.45) is 0 Å². The third kappa shape index (κ3) is 4.21. The summed E-state index contributed by atoms with van der Waals surface area (Å²) >= 11 is 0. The molecule has 0 spiro atoms. The van der Waals surface area contributed by atoms with E-state index in [2.05, 4.69) is 9.88 Å². The van der Waals surface area contributed by atoms with Crippen LogP contribution in [0.1, 0.15) is 16.1 Å². The molecule has 0 radical (unpaired) electrons. The molecule has 0 bridgehead atoms. The van der Waals surface area contributed by atoms with E-state index in [0.29, 0.717) is 12.2 Å². The molecule has 1 saturated heterocycles. The van der Waals surface area contributed by atoms with Crippen LogP contribution in [0.2, 0.25) is 0 Å². The number of hydrogen-bond donors (Lipinski definition) is 0. The summed E-state index contributed by atoms with van der Waals surface area (Å²) in [6.45, 7) is 3.63. The third-order valence-corrected chi connectivity index (χ3v) is 4.84. The van der Waals surface area contributed by atoms with Crippen molar-refractivity contribution in [1.29, 1.82) is 0 Å². The fraction of sp³-hybridized carbons (Fsp3) is 0.217. The van der Waals surface area contributed by atoms with Crippen LogP contribution >= 0.6 is 0 Å².